The maximum atomic E-state index is 9.69. The quantitative estimate of drug-likeness (QED) is 0.401. The first-order valence-electron chi connectivity index (χ1n) is 9.89. The van der Waals surface area contributed by atoms with Crippen LogP contribution in [0.15, 0.2) is 97.1 Å². The second-order valence-corrected chi connectivity index (χ2v) is 7.52. The zero-order valence-electron chi connectivity index (χ0n) is 16.8. The van der Waals surface area contributed by atoms with Crippen molar-refractivity contribution < 1.29 is 5.11 Å². The monoisotopic (exact) mass is 379 g/mol. The highest BCUT2D eigenvalue weighted by atomic mass is 16.3. The molecule has 144 valence electrons. The molecule has 0 amide bonds. The van der Waals surface area contributed by atoms with Crippen LogP contribution in [0.1, 0.15) is 22.3 Å². The molecule has 4 aromatic rings. The average Bonchev–Trinajstić information content (AvgIpc) is 2.72. The van der Waals surface area contributed by atoms with Crippen LogP contribution in [0.3, 0.4) is 0 Å². The highest BCUT2D eigenvalue weighted by Crippen LogP contribution is 2.35. The maximum Gasteiger partial charge on any atom is 0.115 e. The minimum atomic E-state index is 0.309. The summed E-state index contributed by atoms with van der Waals surface area (Å²) in [5, 5.41) is 9.69. The number of phenols is 1. The van der Waals surface area contributed by atoms with Gasteiger partial charge in [-0.3, -0.25) is 0 Å². The number of anilines is 3. The lowest BCUT2D eigenvalue weighted by molar-refractivity contribution is 0.474. The Morgan fingerprint density at radius 1 is 0.586 bits per heavy atom. The third kappa shape index (κ3) is 4.49. The van der Waals surface area contributed by atoms with Crippen molar-refractivity contribution in [2.75, 3.05) is 4.90 Å². The molecule has 0 atom stereocenters. The van der Waals surface area contributed by atoms with E-state index in [-0.39, 0.29) is 0 Å². The minimum Gasteiger partial charge on any atom is -0.508 e. The Morgan fingerprint density at radius 3 is 1.55 bits per heavy atom. The van der Waals surface area contributed by atoms with Crippen molar-refractivity contribution in [1.82, 2.24) is 0 Å². The lowest BCUT2D eigenvalue weighted by atomic mass is 10.0. The molecular weight excluding hydrogens is 354 g/mol. The fourth-order valence-corrected chi connectivity index (χ4v) is 3.50. The Bertz CT molecular complexity index is 1040. The van der Waals surface area contributed by atoms with Gasteiger partial charge in [0.15, 0.2) is 0 Å². The summed E-state index contributed by atoms with van der Waals surface area (Å²) in [6.07, 6.45) is 0.795. The third-order valence-corrected chi connectivity index (χ3v) is 5.10. The lowest BCUT2D eigenvalue weighted by Crippen LogP contribution is -2.10. The molecule has 2 nitrogen and oxygen atoms in total. The first-order chi connectivity index (χ1) is 14.1. The summed E-state index contributed by atoms with van der Waals surface area (Å²) >= 11 is 0. The molecule has 0 heterocycles. The fraction of sp³-hybridized carbons (Fsp3) is 0.111. The fourth-order valence-electron chi connectivity index (χ4n) is 3.50. The van der Waals surface area contributed by atoms with Crippen LogP contribution in [0.25, 0.3) is 0 Å². The van der Waals surface area contributed by atoms with Crippen LogP contribution < -0.4 is 4.90 Å². The Hall–Kier alpha value is -3.52. The summed E-state index contributed by atoms with van der Waals surface area (Å²) in [5.41, 5.74) is 8.22. The molecule has 2 heteroatoms. The van der Waals surface area contributed by atoms with Crippen LogP contribution in [-0.4, -0.2) is 5.11 Å². The number of hydrogen-bond acceptors (Lipinski definition) is 2. The molecule has 0 unspecified atom stereocenters. The van der Waals surface area contributed by atoms with Crippen LogP contribution >= 0.6 is 0 Å². The van der Waals surface area contributed by atoms with Crippen LogP contribution in [0.4, 0.5) is 17.1 Å². The number of rotatable bonds is 5. The molecule has 1 N–H and O–H groups in total. The zero-order chi connectivity index (χ0) is 20.2. The van der Waals surface area contributed by atoms with Gasteiger partial charge >= 0.3 is 0 Å². The van der Waals surface area contributed by atoms with Gasteiger partial charge in [0.05, 0.1) is 0 Å². The van der Waals surface area contributed by atoms with Gasteiger partial charge in [-0.25, -0.2) is 0 Å². The van der Waals surface area contributed by atoms with Gasteiger partial charge in [0.1, 0.15) is 5.75 Å². The predicted molar refractivity (Wildman–Crippen MR) is 122 cm³/mol. The van der Waals surface area contributed by atoms with Crippen molar-refractivity contribution in [3.63, 3.8) is 0 Å². The molecular formula is C27H25NO. The molecule has 4 rings (SSSR count). The third-order valence-electron chi connectivity index (χ3n) is 5.10. The molecule has 0 aliphatic carbocycles. The molecule has 29 heavy (non-hydrogen) atoms. The molecule has 0 aromatic heterocycles. The number of hydrogen-bond donors (Lipinski definition) is 1. The van der Waals surface area contributed by atoms with Crippen LogP contribution in [0.2, 0.25) is 0 Å². The largest absolute Gasteiger partial charge is 0.508 e. The average molecular weight is 380 g/mol. The Labute approximate surface area is 172 Å². The number of nitrogens with zero attached hydrogens (tertiary/aromatic N) is 1. The summed E-state index contributed by atoms with van der Waals surface area (Å²) in [6.45, 7) is 4.21. The smallest absolute Gasteiger partial charge is 0.115 e. The van der Waals surface area contributed by atoms with Gasteiger partial charge < -0.3 is 10.0 Å². The van der Waals surface area contributed by atoms with Crippen molar-refractivity contribution >= 4 is 17.1 Å². The van der Waals surface area contributed by atoms with Crippen LogP contribution in [0, 0.1) is 13.8 Å². The van der Waals surface area contributed by atoms with E-state index in [0.29, 0.717) is 5.75 Å². The topological polar surface area (TPSA) is 23.5 Å². The van der Waals surface area contributed by atoms with Crippen LogP contribution in [0.5, 0.6) is 5.75 Å². The molecule has 0 saturated carbocycles. The first kappa shape index (κ1) is 18.8. The summed E-state index contributed by atoms with van der Waals surface area (Å²) in [7, 11) is 0. The number of phenolic OH excluding ortho intramolecular Hbond substituents is 1. The molecule has 0 bridgehead atoms. The number of aromatic hydroxyl groups is 1. The van der Waals surface area contributed by atoms with E-state index in [1.165, 1.54) is 16.7 Å². The van der Waals surface area contributed by atoms with Gasteiger partial charge in [0, 0.05) is 17.1 Å². The molecule has 0 saturated heterocycles. The van der Waals surface area contributed by atoms with Crippen molar-refractivity contribution in [1.29, 1.82) is 0 Å². The summed E-state index contributed by atoms with van der Waals surface area (Å²) in [5.74, 6) is 0.309. The molecule has 0 radical (unpaired) electrons. The van der Waals surface area contributed by atoms with E-state index in [4.69, 9.17) is 0 Å². The summed E-state index contributed by atoms with van der Waals surface area (Å²) in [6, 6.07) is 33.3. The van der Waals surface area contributed by atoms with Gasteiger partial charge in [0.25, 0.3) is 0 Å². The van der Waals surface area contributed by atoms with Gasteiger partial charge in [-0.2, -0.15) is 0 Å². The zero-order valence-corrected chi connectivity index (χ0v) is 16.8. The molecule has 0 aliphatic heterocycles. The Balaban J connectivity index is 1.67. The van der Waals surface area contributed by atoms with Gasteiger partial charge in [-0.05, 0) is 79.9 Å². The maximum absolute atomic E-state index is 9.69. The SMILES string of the molecule is Cc1ccc(N(c2ccc(C)cc2)c2ccc(Cc3cccc(O)c3)cc2)cc1. The molecule has 0 spiro atoms. The highest BCUT2D eigenvalue weighted by Gasteiger charge is 2.12. The molecule has 4 aromatic carbocycles. The van der Waals surface area contributed by atoms with Crippen LogP contribution in [-0.2, 0) is 6.42 Å². The second kappa shape index (κ2) is 8.24. The lowest BCUT2D eigenvalue weighted by Gasteiger charge is -2.26. The summed E-state index contributed by atoms with van der Waals surface area (Å²) < 4.78 is 0. The Kier molecular flexibility index (Phi) is 5.35. The van der Waals surface area contributed by atoms with E-state index in [1.54, 1.807) is 6.07 Å². The predicted octanol–water partition coefficient (Wildman–Crippen LogP) is 7.07. The van der Waals surface area contributed by atoms with Gasteiger partial charge in [0.2, 0.25) is 0 Å². The molecule has 0 aliphatic rings. The standard InChI is InChI=1S/C27H25NO/c1-20-6-12-24(13-7-20)28(25-14-8-21(2)9-15-25)26-16-10-22(11-17-26)18-23-4-3-5-27(29)19-23/h3-17,19,29H,18H2,1-2H3. The van der Waals surface area contributed by atoms with E-state index in [1.807, 2.05) is 18.2 Å². The normalized spacial score (nSPS) is 10.7. The minimum absolute atomic E-state index is 0.309. The highest BCUT2D eigenvalue weighted by molar-refractivity contribution is 5.76. The van der Waals surface area contributed by atoms with Crippen molar-refractivity contribution in [2.24, 2.45) is 0 Å². The van der Waals surface area contributed by atoms with Gasteiger partial charge in [-0.1, -0.05) is 59.7 Å². The first-order valence-corrected chi connectivity index (χ1v) is 9.89. The number of aryl methyl sites for hydroxylation is 2. The van der Waals surface area contributed by atoms with E-state index >= 15 is 0 Å². The Morgan fingerprint density at radius 2 is 1.07 bits per heavy atom. The van der Waals surface area contributed by atoms with Crippen molar-refractivity contribution in [2.45, 2.75) is 20.3 Å². The van der Waals surface area contributed by atoms with E-state index in [2.05, 4.69) is 91.5 Å². The van der Waals surface area contributed by atoms with Crippen molar-refractivity contribution in [3.8, 4) is 5.75 Å². The molecule has 0 fully saturated rings. The van der Waals surface area contributed by atoms with E-state index < -0.39 is 0 Å². The summed E-state index contributed by atoms with van der Waals surface area (Å²) in [4.78, 5) is 2.27. The number of benzene rings is 4. The van der Waals surface area contributed by atoms with Crippen molar-refractivity contribution in [3.05, 3.63) is 119 Å². The second-order valence-electron chi connectivity index (χ2n) is 7.52. The van der Waals surface area contributed by atoms with E-state index in [0.717, 1.165) is 29.0 Å². The van der Waals surface area contributed by atoms with E-state index in [9.17, 15) is 5.11 Å². The van der Waals surface area contributed by atoms with Gasteiger partial charge in [-0.15, -0.1) is 0 Å².